The van der Waals surface area contributed by atoms with Crippen molar-refractivity contribution in [3.8, 4) is 0 Å². The lowest BCUT2D eigenvalue weighted by molar-refractivity contribution is 0.106. The predicted molar refractivity (Wildman–Crippen MR) is 36.3 cm³/mol. The summed E-state index contributed by atoms with van der Waals surface area (Å²) in [7, 11) is 0. The van der Waals surface area contributed by atoms with Gasteiger partial charge in [-0.3, -0.25) is 4.57 Å². The van der Waals surface area contributed by atoms with Crippen molar-refractivity contribution in [3.63, 3.8) is 0 Å². The van der Waals surface area contributed by atoms with Crippen LogP contribution in [0.25, 0.3) is 0 Å². The highest BCUT2D eigenvalue weighted by Crippen LogP contribution is 1.93. The number of rotatable bonds is 1. The molecule has 0 aliphatic carbocycles. The van der Waals surface area contributed by atoms with Gasteiger partial charge in [-0.1, -0.05) is 0 Å². The first-order chi connectivity index (χ1) is 5.16. The fourth-order valence-electron chi connectivity index (χ4n) is 0.804. The molecule has 0 aliphatic heterocycles. The molecule has 0 aliphatic rings. The first-order valence-electron chi connectivity index (χ1n) is 3.07. The zero-order valence-electron chi connectivity index (χ0n) is 6.05. The summed E-state index contributed by atoms with van der Waals surface area (Å²) in [6.07, 6.45) is 2.04. The fourth-order valence-corrected chi connectivity index (χ4v) is 0.804. The summed E-state index contributed by atoms with van der Waals surface area (Å²) in [5, 5.41) is 21.3. The monoisotopic (exact) mass is 158 g/mol. The molecule has 6 nitrogen and oxygen atoms in total. The molecule has 1 unspecified atom stereocenters. The third-order valence-corrected chi connectivity index (χ3v) is 1.32. The number of hydrogen-bond donors (Lipinski definition) is 3. The van der Waals surface area contributed by atoms with Gasteiger partial charge in [0.1, 0.15) is 6.23 Å². The molecule has 1 atom stereocenters. The Balaban J connectivity index is 3.28. The highest BCUT2D eigenvalue weighted by molar-refractivity contribution is 4.77. The minimum absolute atomic E-state index is 0.0972. The van der Waals surface area contributed by atoms with Crippen molar-refractivity contribution in [2.45, 2.75) is 13.2 Å². The number of nitrogens with two attached hydrogens (primary N) is 1. The van der Waals surface area contributed by atoms with Gasteiger partial charge in [0, 0.05) is 6.20 Å². The summed E-state index contributed by atoms with van der Waals surface area (Å²) in [6, 6.07) is 0. The largest absolute Gasteiger partial charge is 0.425 e. The molecule has 1 rings (SSSR count). The second kappa shape index (κ2) is 2.67. The first kappa shape index (κ1) is 7.67. The normalized spacial score (nSPS) is 15.3. The molecule has 1 heterocycles. The molecule has 0 saturated carbocycles. The van der Waals surface area contributed by atoms with E-state index in [-0.39, 0.29) is 5.62 Å². The van der Waals surface area contributed by atoms with Crippen LogP contribution < -0.4 is 11.5 Å². The summed E-state index contributed by atoms with van der Waals surface area (Å²) < 4.78 is 2.05. The molecule has 0 bridgehead atoms. The highest BCUT2D eigenvalue weighted by Gasteiger charge is 2.03. The lowest BCUT2D eigenvalue weighted by Gasteiger charge is -2.03. The predicted octanol–water partition coefficient (Wildman–Crippen LogP) is -1.19. The zero-order chi connectivity index (χ0) is 8.43. The third kappa shape index (κ3) is 1.20. The molecule has 0 aromatic carbocycles. The van der Waals surface area contributed by atoms with E-state index < -0.39 is 6.23 Å². The lowest BCUT2D eigenvalue weighted by atomic mass is 10.6. The van der Waals surface area contributed by atoms with Crippen LogP contribution in [0.4, 0.5) is 0 Å². The van der Waals surface area contributed by atoms with E-state index in [1.54, 1.807) is 0 Å². The molecule has 62 valence electrons. The van der Waals surface area contributed by atoms with Crippen molar-refractivity contribution in [2.24, 2.45) is 10.9 Å². The summed E-state index contributed by atoms with van der Waals surface area (Å²) in [4.78, 5) is 0. The Labute approximate surface area is 62.8 Å². The van der Waals surface area contributed by atoms with E-state index in [2.05, 4.69) is 5.10 Å². The summed E-state index contributed by atoms with van der Waals surface area (Å²) >= 11 is 0. The van der Waals surface area contributed by atoms with Gasteiger partial charge in [-0.2, -0.15) is 4.73 Å². The fraction of sp³-hybridized carbons (Fsp3) is 0.400. The van der Waals surface area contributed by atoms with Gasteiger partial charge in [-0.05, 0) is 6.92 Å². The average molecular weight is 158 g/mol. The maximum atomic E-state index is 9.07. The maximum absolute atomic E-state index is 9.07. The van der Waals surface area contributed by atoms with E-state index in [4.69, 9.17) is 16.2 Å². The van der Waals surface area contributed by atoms with Crippen molar-refractivity contribution in [3.05, 3.63) is 18.0 Å². The molecular weight excluding hydrogens is 148 g/mol. The van der Waals surface area contributed by atoms with Crippen molar-refractivity contribution < 1.29 is 10.3 Å². The van der Waals surface area contributed by atoms with Crippen LogP contribution in [0.15, 0.2) is 17.5 Å². The molecule has 1 aromatic rings. The van der Waals surface area contributed by atoms with Gasteiger partial charge in [0.2, 0.25) is 0 Å². The smallest absolute Gasteiger partial charge is 0.261 e. The van der Waals surface area contributed by atoms with Crippen LogP contribution in [-0.4, -0.2) is 19.6 Å². The lowest BCUT2D eigenvalue weighted by Crippen LogP contribution is -2.28. The van der Waals surface area contributed by atoms with Crippen molar-refractivity contribution in [1.82, 2.24) is 9.30 Å². The summed E-state index contributed by atoms with van der Waals surface area (Å²) in [5.74, 6) is 4.95. The number of nitrogens with zero attached hydrogens (tertiary/aromatic N) is 3. The molecule has 0 spiro atoms. The standard InChI is InChI=1S/C5H10N4O2/c1-4(10)8-2-3-9(11)5(8)7-6/h2-4,10-11H,6H2,1H3. The number of aliphatic hydroxyl groups excluding tert-OH is 1. The maximum Gasteiger partial charge on any atom is 0.261 e. The van der Waals surface area contributed by atoms with E-state index in [0.29, 0.717) is 0 Å². The number of imidazole rings is 1. The van der Waals surface area contributed by atoms with Crippen molar-refractivity contribution in [1.29, 1.82) is 0 Å². The molecule has 4 N–H and O–H groups in total. The second-order valence-corrected chi connectivity index (χ2v) is 2.11. The van der Waals surface area contributed by atoms with Gasteiger partial charge in [0.25, 0.3) is 5.62 Å². The van der Waals surface area contributed by atoms with Gasteiger partial charge in [0.15, 0.2) is 0 Å². The molecule has 11 heavy (non-hydrogen) atoms. The Kier molecular flexibility index (Phi) is 1.86. The second-order valence-electron chi connectivity index (χ2n) is 2.11. The van der Waals surface area contributed by atoms with E-state index in [9.17, 15) is 0 Å². The van der Waals surface area contributed by atoms with Crippen molar-refractivity contribution >= 4 is 0 Å². The van der Waals surface area contributed by atoms with Crippen LogP contribution in [0, 0.1) is 0 Å². The third-order valence-electron chi connectivity index (χ3n) is 1.32. The first-order valence-corrected chi connectivity index (χ1v) is 3.07. The van der Waals surface area contributed by atoms with Gasteiger partial charge < -0.3 is 16.2 Å². The Morgan fingerprint density at radius 3 is 2.64 bits per heavy atom. The van der Waals surface area contributed by atoms with Crippen LogP contribution in [-0.2, 0) is 0 Å². The van der Waals surface area contributed by atoms with Crippen LogP contribution in [0.1, 0.15) is 13.2 Å². The van der Waals surface area contributed by atoms with E-state index in [1.165, 1.54) is 23.9 Å². The van der Waals surface area contributed by atoms with Gasteiger partial charge in [-0.15, -0.1) is 5.10 Å². The van der Waals surface area contributed by atoms with Crippen LogP contribution >= 0.6 is 0 Å². The molecule has 0 fully saturated rings. The van der Waals surface area contributed by atoms with Crippen LogP contribution in [0.3, 0.4) is 0 Å². The van der Waals surface area contributed by atoms with Crippen LogP contribution in [0.2, 0.25) is 0 Å². The van der Waals surface area contributed by atoms with E-state index >= 15 is 0 Å². The zero-order valence-corrected chi connectivity index (χ0v) is 6.05. The number of aliphatic hydroxyl groups is 1. The van der Waals surface area contributed by atoms with Gasteiger partial charge in [-0.25, -0.2) is 0 Å². The number of hydrogen-bond acceptors (Lipinski definition) is 4. The summed E-state index contributed by atoms with van der Waals surface area (Å²) in [6.45, 7) is 1.54. The quantitative estimate of drug-likeness (QED) is 0.273. The molecule has 0 radical (unpaired) electrons. The minimum atomic E-state index is -0.759. The molecule has 1 aromatic heterocycles. The van der Waals surface area contributed by atoms with Crippen LogP contribution in [0.5, 0.6) is 0 Å². The Morgan fingerprint density at radius 2 is 2.27 bits per heavy atom. The topological polar surface area (TPSA) is 88.7 Å². The Morgan fingerprint density at radius 1 is 1.64 bits per heavy atom. The molecule has 6 heteroatoms. The van der Waals surface area contributed by atoms with E-state index in [0.717, 1.165) is 4.73 Å². The molecule has 0 amide bonds. The Hall–Kier alpha value is -1.43. The number of aromatic nitrogens is 2. The summed E-state index contributed by atoms with van der Waals surface area (Å²) in [5.41, 5.74) is 0.0972. The average Bonchev–Trinajstić information content (AvgIpc) is 2.30. The van der Waals surface area contributed by atoms with Gasteiger partial charge in [0.05, 0.1) is 6.20 Å². The Bertz CT molecular complexity index is 298. The molecular formula is C5H10N4O2. The SMILES string of the molecule is CC(O)n1ccn(O)c1=NN. The van der Waals surface area contributed by atoms with Gasteiger partial charge >= 0.3 is 0 Å². The highest BCUT2D eigenvalue weighted by atomic mass is 16.5. The minimum Gasteiger partial charge on any atom is -0.425 e. The molecule has 0 saturated heterocycles. The van der Waals surface area contributed by atoms with Crippen molar-refractivity contribution in [2.75, 3.05) is 0 Å². The van der Waals surface area contributed by atoms with E-state index in [1.807, 2.05) is 0 Å².